The number of hydrogen-bond acceptors (Lipinski definition) is 2. The predicted octanol–water partition coefficient (Wildman–Crippen LogP) is 1.64. The van der Waals surface area contributed by atoms with Crippen molar-refractivity contribution >= 4 is 11.6 Å². The van der Waals surface area contributed by atoms with Crippen molar-refractivity contribution in [2.24, 2.45) is 11.0 Å². The Kier molecular flexibility index (Phi) is 1.98. The highest BCUT2D eigenvalue weighted by Gasteiger charge is 2.36. The summed E-state index contributed by atoms with van der Waals surface area (Å²) in [6.45, 7) is 9.75. The van der Waals surface area contributed by atoms with Crippen LogP contribution >= 0.6 is 0 Å². The van der Waals surface area contributed by atoms with Crippen molar-refractivity contribution < 1.29 is 4.79 Å². The van der Waals surface area contributed by atoms with Crippen molar-refractivity contribution in [2.75, 3.05) is 0 Å². The molecule has 0 spiro atoms. The van der Waals surface area contributed by atoms with Crippen molar-refractivity contribution in [3.05, 3.63) is 0 Å². The highest BCUT2D eigenvalue weighted by atomic mass is 16.2. The van der Waals surface area contributed by atoms with E-state index in [1.165, 1.54) is 0 Å². The highest BCUT2D eigenvalue weighted by molar-refractivity contribution is 6.06. The van der Waals surface area contributed by atoms with Crippen LogP contribution in [-0.2, 0) is 4.79 Å². The summed E-state index contributed by atoms with van der Waals surface area (Å²) >= 11 is 0. The van der Waals surface area contributed by atoms with Crippen molar-refractivity contribution in [2.45, 2.75) is 40.2 Å². The van der Waals surface area contributed by atoms with Crippen LogP contribution in [-0.4, -0.2) is 22.2 Å². The predicted molar refractivity (Wildman–Crippen MR) is 48.9 cm³/mol. The molecule has 0 aromatic heterocycles. The summed E-state index contributed by atoms with van der Waals surface area (Å²) in [5.41, 5.74) is 0.721. The van der Waals surface area contributed by atoms with Gasteiger partial charge in [-0.25, -0.2) is 5.01 Å². The molecule has 1 atom stereocenters. The van der Waals surface area contributed by atoms with Gasteiger partial charge in [-0.15, -0.1) is 0 Å². The average molecular weight is 168 g/mol. The van der Waals surface area contributed by atoms with E-state index in [0.717, 1.165) is 5.71 Å². The molecule has 12 heavy (non-hydrogen) atoms. The third-order valence-corrected chi connectivity index (χ3v) is 2.10. The van der Waals surface area contributed by atoms with E-state index in [2.05, 4.69) is 5.10 Å². The molecule has 1 amide bonds. The molecule has 1 rings (SSSR count). The van der Waals surface area contributed by atoms with E-state index < -0.39 is 0 Å². The first kappa shape index (κ1) is 9.23. The molecule has 1 aliphatic heterocycles. The van der Waals surface area contributed by atoms with Crippen molar-refractivity contribution in [1.29, 1.82) is 0 Å². The minimum atomic E-state index is -0.191. The fourth-order valence-electron chi connectivity index (χ4n) is 1.14. The molecule has 0 bridgehead atoms. The van der Waals surface area contributed by atoms with Gasteiger partial charge in [-0.3, -0.25) is 4.79 Å². The lowest BCUT2D eigenvalue weighted by Crippen LogP contribution is -2.40. The van der Waals surface area contributed by atoms with E-state index in [0.29, 0.717) is 0 Å². The molecule has 0 aromatic rings. The maximum absolute atomic E-state index is 11.6. The minimum absolute atomic E-state index is 0.0378. The molecule has 3 nitrogen and oxygen atoms in total. The molecule has 1 aliphatic rings. The van der Waals surface area contributed by atoms with Crippen LogP contribution < -0.4 is 0 Å². The minimum Gasteiger partial charge on any atom is -0.272 e. The van der Waals surface area contributed by atoms with E-state index in [4.69, 9.17) is 0 Å². The van der Waals surface area contributed by atoms with Gasteiger partial charge in [0.05, 0.1) is 11.5 Å². The summed E-state index contributed by atoms with van der Waals surface area (Å²) in [6.07, 6.45) is 0. The Balaban J connectivity index is 2.91. The smallest absolute Gasteiger partial charge is 0.251 e. The molecule has 0 N–H and O–H groups in total. The van der Waals surface area contributed by atoms with Crippen LogP contribution in [0.25, 0.3) is 0 Å². The Labute approximate surface area is 73.4 Å². The van der Waals surface area contributed by atoms with Gasteiger partial charge in [-0.1, -0.05) is 0 Å². The molecule has 0 radical (unpaired) electrons. The van der Waals surface area contributed by atoms with Gasteiger partial charge in [0.25, 0.3) is 5.91 Å². The lowest BCUT2D eigenvalue weighted by Gasteiger charge is -2.28. The second-order valence-corrected chi connectivity index (χ2v) is 4.28. The lowest BCUT2D eigenvalue weighted by atomic mass is 10.0. The maximum Gasteiger partial charge on any atom is 0.251 e. The SMILES string of the molecule is CC1=NN(C(C)(C)C)C(=O)C1C. The van der Waals surface area contributed by atoms with Crippen LogP contribution in [0.4, 0.5) is 0 Å². The van der Waals surface area contributed by atoms with Gasteiger partial charge in [0.2, 0.25) is 0 Å². The Hall–Kier alpha value is -0.860. The number of hydrazone groups is 1. The van der Waals surface area contributed by atoms with Gasteiger partial charge in [0.15, 0.2) is 0 Å². The average Bonchev–Trinajstić information content (AvgIpc) is 2.15. The van der Waals surface area contributed by atoms with Crippen LogP contribution in [0.15, 0.2) is 5.10 Å². The Morgan fingerprint density at radius 2 is 1.92 bits per heavy atom. The lowest BCUT2D eigenvalue weighted by molar-refractivity contribution is -0.135. The standard InChI is InChI=1S/C9H16N2O/c1-6-7(2)10-11(8(6)12)9(3,4)5/h6H,1-5H3. The normalized spacial score (nSPS) is 24.8. The van der Waals surface area contributed by atoms with Gasteiger partial charge in [-0.2, -0.15) is 5.10 Å². The van der Waals surface area contributed by atoms with Crippen LogP contribution in [0, 0.1) is 5.92 Å². The Morgan fingerprint density at radius 1 is 1.42 bits per heavy atom. The molecule has 1 unspecified atom stereocenters. The van der Waals surface area contributed by atoms with Gasteiger partial charge in [0.1, 0.15) is 0 Å². The molecular formula is C9H16N2O. The maximum atomic E-state index is 11.6. The highest BCUT2D eigenvalue weighted by Crippen LogP contribution is 2.23. The molecule has 0 saturated heterocycles. The number of rotatable bonds is 0. The van der Waals surface area contributed by atoms with Crippen LogP contribution in [0.1, 0.15) is 34.6 Å². The molecule has 3 heteroatoms. The number of nitrogens with zero attached hydrogens (tertiary/aromatic N) is 2. The zero-order chi connectivity index (χ0) is 9.52. The second kappa shape index (κ2) is 2.57. The van der Waals surface area contributed by atoms with E-state index in [9.17, 15) is 4.79 Å². The first-order valence-corrected chi connectivity index (χ1v) is 4.23. The molecule has 0 saturated carbocycles. The first-order chi connectivity index (χ1) is 5.34. The fourth-order valence-corrected chi connectivity index (χ4v) is 1.14. The summed E-state index contributed by atoms with van der Waals surface area (Å²) in [5, 5.41) is 5.80. The van der Waals surface area contributed by atoms with Gasteiger partial charge in [-0.05, 0) is 34.6 Å². The van der Waals surface area contributed by atoms with Crippen molar-refractivity contribution in [3.8, 4) is 0 Å². The van der Waals surface area contributed by atoms with Crippen molar-refractivity contribution in [1.82, 2.24) is 5.01 Å². The largest absolute Gasteiger partial charge is 0.272 e. The molecule has 1 heterocycles. The summed E-state index contributed by atoms with van der Waals surface area (Å²) in [5.74, 6) is 0.0734. The molecule has 0 aromatic carbocycles. The van der Waals surface area contributed by atoms with Crippen molar-refractivity contribution in [3.63, 3.8) is 0 Å². The summed E-state index contributed by atoms with van der Waals surface area (Å²) in [6, 6.07) is 0. The summed E-state index contributed by atoms with van der Waals surface area (Å²) < 4.78 is 0. The zero-order valence-corrected chi connectivity index (χ0v) is 8.38. The number of hydrogen-bond donors (Lipinski definition) is 0. The number of carbonyl (C=O) groups is 1. The van der Waals surface area contributed by atoms with E-state index >= 15 is 0 Å². The van der Waals surface area contributed by atoms with Gasteiger partial charge in [0, 0.05) is 5.71 Å². The Bertz CT molecular complexity index is 237. The van der Waals surface area contributed by atoms with Gasteiger partial charge >= 0.3 is 0 Å². The van der Waals surface area contributed by atoms with E-state index in [1.54, 1.807) is 5.01 Å². The topological polar surface area (TPSA) is 32.7 Å². The third kappa shape index (κ3) is 1.36. The Morgan fingerprint density at radius 3 is 2.08 bits per heavy atom. The quantitative estimate of drug-likeness (QED) is 0.541. The van der Waals surface area contributed by atoms with Crippen LogP contribution in [0.5, 0.6) is 0 Å². The first-order valence-electron chi connectivity index (χ1n) is 4.23. The zero-order valence-electron chi connectivity index (χ0n) is 8.38. The van der Waals surface area contributed by atoms with Gasteiger partial charge < -0.3 is 0 Å². The number of carbonyl (C=O) groups excluding carboxylic acids is 1. The van der Waals surface area contributed by atoms with E-state index in [1.807, 2.05) is 34.6 Å². The number of amides is 1. The monoisotopic (exact) mass is 168 g/mol. The fraction of sp³-hybridized carbons (Fsp3) is 0.778. The second-order valence-electron chi connectivity index (χ2n) is 4.28. The summed E-state index contributed by atoms with van der Waals surface area (Å²) in [7, 11) is 0. The van der Waals surface area contributed by atoms with E-state index in [-0.39, 0.29) is 17.4 Å². The van der Waals surface area contributed by atoms with Crippen LogP contribution in [0.3, 0.4) is 0 Å². The summed E-state index contributed by atoms with van der Waals surface area (Å²) in [4.78, 5) is 11.6. The molecule has 68 valence electrons. The van der Waals surface area contributed by atoms with Crippen LogP contribution in [0.2, 0.25) is 0 Å². The third-order valence-electron chi connectivity index (χ3n) is 2.10. The molecular weight excluding hydrogens is 152 g/mol. The molecule has 0 aliphatic carbocycles. The molecule has 0 fully saturated rings.